The Morgan fingerprint density at radius 3 is 2.63 bits per heavy atom. The zero-order valence-corrected chi connectivity index (χ0v) is 16.6. The highest BCUT2D eigenvalue weighted by Crippen LogP contribution is 2.30. The maximum atomic E-state index is 12.3. The van der Waals surface area contributed by atoms with Gasteiger partial charge in [0.15, 0.2) is 9.84 Å². The summed E-state index contributed by atoms with van der Waals surface area (Å²) in [6, 6.07) is 8.68. The highest BCUT2D eigenvalue weighted by molar-refractivity contribution is 7.91. The third-order valence-electron chi connectivity index (χ3n) is 4.79. The van der Waals surface area contributed by atoms with E-state index in [-0.39, 0.29) is 29.0 Å². The lowest BCUT2D eigenvalue weighted by Crippen LogP contribution is -2.18. The Morgan fingerprint density at radius 2 is 2.00 bits per heavy atom. The van der Waals surface area contributed by atoms with Crippen molar-refractivity contribution in [3.8, 4) is 0 Å². The number of pyridine rings is 1. The van der Waals surface area contributed by atoms with Crippen LogP contribution in [0.25, 0.3) is 0 Å². The number of sulfone groups is 1. The van der Waals surface area contributed by atoms with E-state index in [1.165, 1.54) is 0 Å². The molecule has 1 aliphatic heterocycles. The second-order valence-corrected chi connectivity index (χ2v) is 9.42. The van der Waals surface area contributed by atoms with Crippen LogP contribution < -0.4 is 10.6 Å². The molecule has 1 aromatic carbocycles. The summed E-state index contributed by atoms with van der Waals surface area (Å²) in [5, 5.41) is 6.31. The van der Waals surface area contributed by atoms with E-state index in [0.717, 1.165) is 23.4 Å². The van der Waals surface area contributed by atoms with Crippen LogP contribution in [0.2, 0.25) is 0 Å². The largest absolute Gasteiger partial charge is 0.324 e. The highest BCUT2D eigenvalue weighted by Gasteiger charge is 2.26. The molecule has 1 aromatic heterocycles. The lowest BCUT2D eigenvalue weighted by Gasteiger charge is -2.15. The number of anilines is 1. The van der Waals surface area contributed by atoms with Crippen molar-refractivity contribution in [3.05, 3.63) is 53.3 Å². The summed E-state index contributed by atoms with van der Waals surface area (Å²) >= 11 is 0. The summed E-state index contributed by atoms with van der Waals surface area (Å²) in [6.07, 6.45) is 1.87. The van der Waals surface area contributed by atoms with Crippen molar-refractivity contribution in [2.75, 3.05) is 11.1 Å². The first-order chi connectivity index (χ1) is 12.8. The molecule has 0 bridgehead atoms. The molecule has 144 valence electrons. The van der Waals surface area contributed by atoms with Crippen molar-refractivity contribution in [2.24, 2.45) is 5.92 Å². The molecule has 1 atom stereocenters. The number of amides is 1. The predicted molar refractivity (Wildman–Crippen MR) is 105 cm³/mol. The fourth-order valence-corrected chi connectivity index (χ4v) is 4.13. The molecule has 2 aromatic rings. The summed E-state index contributed by atoms with van der Waals surface area (Å²) in [4.78, 5) is 17.1. The quantitative estimate of drug-likeness (QED) is 0.796. The molecule has 1 aliphatic rings. The van der Waals surface area contributed by atoms with Crippen LogP contribution in [-0.2, 0) is 27.6 Å². The van der Waals surface area contributed by atoms with Gasteiger partial charge in [-0.1, -0.05) is 32.9 Å². The molecule has 0 radical (unpaired) electrons. The van der Waals surface area contributed by atoms with E-state index in [1.54, 1.807) is 37.4 Å². The van der Waals surface area contributed by atoms with Gasteiger partial charge in [0.1, 0.15) is 0 Å². The molecule has 2 heterocycles. The van der Waals surface area contributed by atoms with E-state index < -0.39 is 9.84 Å². The van der Waals surface area contributed by atoms with Gasteiger partial charge in [0.05, 0.1) is 40.7 Å². The van der Waals surface area contributed by atoms with Crippen LogP contribution in [0.5, 0.6) is 0 Å². The van der Waals surface area contributed by atoms with Gasteiger partial charge in [-0.3, -0.25) is 9.78 Å². The molecule has 1 amide bonds. The molecule has 0 saturated heterocycles. The Balaban J connectivity index is 1.65. The Kier molecular flexibility index (Phi) is 5.62. The topological polar surface area (TPSA) is 88.2 Å². The highest BCUT2D eigenvalue weighted by atomic mass is 32.2. The number of hydrogen-bond acceptors (Lipinski definition) is 5. The number of hydrogen-bond donors (Lipinski definition) is 2. The molecule has 0 unspecified atom stereocenters. The van der Waals surface area contributed by atoms with Crippen molar-refractivity contribution in [1.82, 2.24) is 10.3 Å². The van der Waals surface area contributed by atoms with E-state index >= 15 is 0 Å². The number of benzene rings is 1. The van der Waals surface area contributed by atoms with E-state index in [4.69, 9.17) is 0 Å². The van der Waals surface area contributed by atoms with Crippen molar-refractivity contribution in [2.45, 2.75) is 44.7 Å². The molecule has 0 saturated carbocycles. The number of carbonyl (C=O) groups excluding carboxylic acids is 1. The molecule has 7 heteroatoms. The first-order valence-corrected chi connectivity index (χ1v) is 10.8. The van der Waals surface area contributed by atoms with Crippen LogP contribution in [0.4, 0.5) is 5.69 Å². The van der Waals surface area contributed by atoms with Gasteiger partial charge in [0.25, 0.3) is 0 Å². The lowest BCUT2D eigenvalue weighted by molar-refractivity contribution is -0.115. The predicted octanol–water partition coefficient (Wildman–Crippen LogP) is 2.86. The standard InChI is InChI=1S/C20H25N3O3S/c1-4-27(25,26)17-7-5-14(6-8-17)9-18(24)23-16-10-15-11-21-19(13(2)3)20(15)22-12-16/h5-8,10,12-13,19,21H,4,9,11H2,1-3H3,(H,23,24)/t19-/m0/s1. The zero-order valence-electron chi connectivity index (χ0n) is 15.8. The number of nitrogens with one attached hydrogen (secondary N) is 2. The Labute approximate surface area is 160 Å². The number of carbonyl (C=O) groups is 1. The Morgan fingerprint density at radius 1 is 1.30 bits per heavy atom. The van der Waals surface area contributed by atoms with E-state index in [1.807, 2.05) is 6.07 Å². The molecule has 6 nitrogen and oxygen atoms in total. The maximum absolute atomic E-state index is 12.3. The fraction of sp³-hybridized carbons (Fsp3) is 0.400. The summed E-state index contributed by atoms with van der Waals surface area (Å²) < 4.78 is 23.7. The first kappa shape index (κ1) is 19.5. The normalized spacial score (nSPS) is 16.4. The lowest BCUT2D eigenvalue weighted by atomic mass is 10.0. The van der Waals surface area contributed by atoms with Gasteiger partial charge in [-0.05, 0) is 35.2 Å². The average molecular weight is 388 g/mol. The molecule has 2 N–H and O–H groups in total. The number of rotatable bonds is 6. The smallest absolute Gasteiger partial charge is 0.228 e. The number of nitrogens with zero attached hydrogens (tertiary/aromatic N) is 1. The summed E-state index contributed by atoms with van der Waals surface area (Å²) in [6.45, 7) is 6.67. The van der Waals surface area contributed by atoms with Crippen molar-refractivity contribution in [3.63, 3.8) is 0 Å². The van der Waals surface area contributed by atoms with Crippen LogP contribution in [0.15, 0.2) is 41.4 Å². The van der Waals surface area contributed by atoms with Gasteiger partial charge in [-0.25, -0.2) is 8.42 Å². The third-order valence-corrected chi connectivity index (χ3v) is 6.54. The van der Waals surface area contributed by atoms with Gasteiger partial charge in [0.2, 0.25) is 5.91 Å². The second-order valence-electron chi connectivity index (χ2n) is 7.14. The summed E-state index contributed by atoms with van der Waals surface area (Å²) in [5.74, 6) is 0.359. The maximum Gasteiger partial charge on any atom is 0.228 e. The first-order valence-electron chi connectivity index (χ1n) is 9.14. The van der Waals surface area contributed by atoms with E-state index in [2.05, 4.69) is 29.5 Å². The van der Waals surface area contributed by atoms with Gasteiger partial charge in [-0.15, -0.1) is 0 Å². The minimum atomic E-state index is -3.22. The minimum absolute atomic E-state index is 0.0602. The van der Waals surface area contributed by atoms with Gasteiger partial charge >= 0.3 is 0 Å². The van der Waals surface area contributed by atoms with Crippen LogP contribution in [0, 0.1) is 5.92 Å². The average Bonchev–Trinajstić information content (AvgIpc) is 3.05. The molecule has 0 aliphatic carbocycles. The molecule has 3 rings (SSSR count). The van der Waals surface area contributed by atoms with E-state index in [9.17, 15) is 13.2 Å². The van der Waals surface area contributed by atoms with Crippen LogP contribution in [0.3, 0.4) is 0 Å². The fourth-order valence-electron chi connectivity index (χ4n) is 3.25. The minimum Gasteiger partial charge on any atom is -0.324 e. The number of fused-ring (bicyclic) bond motifs is 1. The van der Waals surface area contributed by atoms with Gasteiger partial charge < -0.3 is 10.6 Å². The molecule has 0 spiro atoms. The van der Waals surface area contributed by atoms with Crippen LogP contribution >= 0.6 is 0 Å². The Bertz CT molecular complexity index is 937. The second kappa shape index (κ2) is 7.78. The van der Waals surface area contributed by atoms with Gasteiger partial charge in [-0.2, -0.15) is 0 Å². The zero-order chi connectivity index (χ0) is 19.6. The van der Waals surface area contributed by atoms with Crippen molar-refractivity contribution in [1.29, 1.82) is 0 Å². The molecule has 0 fully saturated rings. The van der Waals surface area contributed by atoms with Gasteiger partial charge in [0, 0.05) is 6.54 Å². The molecule has 27 heavy (non-hydrogen) atoms. The SMILES string of the molecule is CCS(=O)(=O)c1ccc(CC(=O)Nc2cnc3c(c2)CN[C@H]3C(C)C)cc1. The third kappa shape index (κ3) is 4.36. The molecular formula is C20H25N3O3S. The summed E-state index contributed by atoms with van der Waals surface area (Å²) in [7, 11) is -3.22. The van der Waals surface area contributed by atoms with Crippen LogP contribution in [-0.4, -0.2) is 25.1 Å². The monoisotopic (exact) mass is 387 g/mol. The van der Waals surface area contributed by atoms with Crippen molar-refractivity contribution < 1.29 is 13.2 Å². The van der Waals surface area contributed by atoms with Crippen molar-refractivity contribution >= 4 is 21.4 Å². The van der Waals surface area contributed by atoms with E-state index in [0.29, 0.717) is 11.6 Å². The number of aromatic nitrogens is 1. The van der Waals surface area contributed by atoms with Crippen LogP contribution in [0.1, 0.15) is 43.6 Å². The molecular weight excluding hydrogens is 362 g/mol. The summed E-state index contributed by atoms with van der Waals surface area (Å²) in [5.41, 5.74) is 3.60. The Hall–Kier alpha value is -2.25.